The van der Waals surface area contributed by atoms with Crippen LogP contribution in [-0.4, -0.2) is 224 Å². The van der Waals surface area contributed by atoms with Crippen LogP contribution in [0.1, 0.15) is 103 Å². The summed E-state index contributed by atoms with van der Waals surface area (Å²) >= 11 is 0.902. The van der Waals surface area contributed by atoms with Gasteiger partial charge in [-0.1, -0.05) is 42.5 Å². The Morgan fingerprint density at radius 1 is 0.644 bits per heavy atom. The number of primary amides is 1. The molecule has 1 aliphatic heterocycles. The average Bonchev–Trinajstić information content (AvgIpc) is 0.844. The third-order valence-electron chi connectivity index (χ3n) is 15.4. The number of benzene rings is 2. The maximum absolute atomic E-state index is 15.1. The number of nitrogens with two attached hydrogens (primary N) is 5. The molecule has 554 valence electrons. The van der Waals surface area contributed by atoms with Crippen molar-refractivity contribution in [2.45, 2.75) is 177 Å². The Labute approximate surface area is 584 Å². The Bertz CT molecular complexity index is 3440. The lowest BCUT2D eigenvalue weighted by Gasteiger charge is -2.29. The van der Waals surface area contributed by atoms with Crippen molar-refractivity contribution in [1.82, 2.24) is 73.8 Å². The molecular formula is C62H93N21O17S. The van der Waals surface area contributed by atoms with Crippen molar-refractivity contribution < 1.29 is 82.4 Å². The number of hydrogen-bond acceptors (Lipinski definition) is 20. The number of thioether (sulfide) groups is 1. The zero-order valence-electron chi connectivity index (χ0n) is 56.3. The molecule has 13 amide bonds. The fourth-order valence-electron chi connectivity index (χ4n) is 10.2. The van der Waals surface area contributed by atoms with Crippen LogP contribution in [0.3, 0.4) is 0 Å². The van der Waals surface area contributed by atoms with Crippen molar-refractivity contribution in [3.05, 3.63) is 66.2 Å². The molecule has 12 atom stereocenters. The van der Waals surface area contributed by atoms with E-state index in [4.69, 9.17) is 28.7 Å². The standard InChI is InChI=1S/C62H93N21O17S/c1-31(84)49-58(97)79-43(24-36-14-9-13-35-12-5-6-15-38(35)36)55(94)76-40(17-10-22-70-61(64)65)51(90)75-39(53(92)80-45(60(99)100)25-37-27-68-29-72-37)16-7-8-21-69-48(89)26-44(74-34(4)87)56(95)83-50(32(2)85)59(98)81-46(28-101-30-73-33(3)86)57(96)77-41(18-11-23-71-62(66)67)52(91)78-42(54(93)82-49)19-20-47(63)88/h5-6,9,12-15,27,29,31-32,39-46,49-50,84-85H,7-8,10-11,16-26,28,30H2,1-4H3,(H2,63,88)(H,68,72)(H,69,89)(H,73,86)(H,74,87)(H,75,90)(H,76,94)(H,77,96)(H,78,91)(H,79,97)(H,80,92)(H,81,98)(H,82,93)(H,83,95)(H,99,100)(H4,64,65,70)(H4,66,67,71)/t31-,32-,39+,40+,41+,42+,43+,44+,45+,46+,49+,50+/m1/s1. The molecule has 2 heterocycles. The lowest BCUT2D eigenvalue weighted by molar-refractivity contribution is -0.142. The number of carbonyl (C=O) groups is 14. The molecule has 0 spiro atoms. The Balaban J connectivity index is 1.91. The molecule has 4 rings (SSSR count). The maximum Gasteiger partial charge on any atom is 0.326 e. The molecule has 1 aliphatic rings. The van der Waals surface area contributed by atoms with Gasteiger partial charge in [0.25, 0.3) is 0 Å². The van der Waals surface area contributed by atoms with E-state index >= 15 is 4.79 Å². The number of fused-ring (bicyclic) bond motifs is 1. The molecule has 26 N–H and O–H groups in total. The normalized spacial score (nSPS) is 22.4. The summed E-state index contributed by atoms with van der Waals surface area (Å²) < 4.78 is 0. The summed E-state index contributed by atoms with van der Waals surface area (Å²) in [5.41, 5.74) is 28.6. The number of aliphatic carboxylic acids is 1. The molecule has 3 aromatic rings. The Morgan fingerprint density at radius 3 is 1.73 bits per heavy atom. The third-order valence-corrected chi connectivity index (χ3v) is 16.3. The highest BCUT2D eigenvalue weighted by Gasteiger charge is 2.38. The van der Waals surface area contributed by atoms with Crippen molar-refractivity contribution in [3.63, 3.8) is 0 Å². The molecule has 0 radical (unpaired) electrons. The number of carbonyl (C=O) groups excluding carboxylic acids is 13. The van der Waals surface area contributed by atoms with Crippen LogP contribution in [0.2, 0.25) is 0 Å². The highest BCUT2D eigenvalue weighted by Crippen LogP contribution is 2.21. The number of H-pyrrole nitrogens is 1. The first-order chi connectivity index (χ1) is 47.8. The van der Waals surface area contributed by atoms with Gasteiger partial charge in [0.05, 0.1) is 30.8 Å². The van der Waals surface area contributed by atoms with Crippen LogP contribution in [0.15, 0.2) is 65.0 Å². The molecule has 39 heteroatoms. The summed E-state index contributed by atoms with van der Waals surface area (Å²) in [4.78, 5) is 208. The molecular weight excluding hydrogens is 1340 g/mol. The van der Waals surface area contributed by atoms with Crippen molar-refractivity contribution in [2.75, 3.05) is 31.3 Å². The molecule has 1 fully saturated rings. The summed E-state index contributed by atoms with van der Waals surface area (Å²) in [7, 11) is 0. The van der Waals surface area contributed by atoms with Crippen molar-refractivity contribution in [1.29, 1.82) is 0 Å². The van der Waals surface area contributed by atoms with E-state index in [1.54, 1.807) is 42.5 Å². The van der Waals surface area contributed by atoms with Crippen LogP contribution in [0.25, 0.3) is 10.8 Å². The van der Waals surface area contributed by atoms with Gasteiger partial charge in [0.2, 0.25) is 76.8 Å². The fraction of sp³-hybridized carbons (Fsp3) is 0.532. The van der Waals surface area contributed by atoms with E-state index < -0.39 is 175 Å². The number of aromatic amines is 1. The van der Waals surface area contributed by atoms with Crippen LogP contribution in [-0.2, 0) is 80.0 Å². The van der Waals surface area contributed by atoms with E-state index in [-0.39, 0.29) is 101 Å². The lowest BCUT2D eigenvalue weighted by atomic mass is 9.97. The van der Waals surface area contributed by atoms with Gasteiger partial charge in [-0.2, -0.15) is 0 Å². The van der Waals surface area contributed by atoms with E-state index in [1.807, 2.05) is 0 Å². The predicted octanol–water partition coefficient (Wildman–Crippen LogP) is -7.05. The van der Waals surface area contributed by atoms with E-state index in [2.05, 4.69) is 83.8 Å². The molecule has 0 bridgehead atoms. The number of aliphatic imine (C=N–C) groups is 2. The van der Waals surface area contributed by atoms with Gasteiger partial charge in [0.15, 0.2) is 11.9 Å². The van der Waals surface area contributed by atoms with Crippen molar-refractivity contribution >= 4 is 117 Å². The van der Waals surface area contributed by atoms with E-state index in [0.717, 1.165) is 32.5 Å². The largest absolute Gasteiger partial charge is 0.480 e. The van der Waals surface area contributed by atoms with Crippen LogP contribution in [0.5, 0.6) is 0 Å². The van der Waals surface area contributed by atoms with Crippen LogP contribution < -0.4 is 92.5 Å². The number of rotatable bonds is 25. The zero-order valence-corrected chi connectivity index (χ0v) is 57.2. The van der Waals surface area contributed by atoms with Crippen molar-refractivity contribution in [3.8, 4) is 0 Å². The number of amides is 13. The summed E-state index contributed by atoms with van der Waals surface area (Å²) in [6.45, 7) is 4.06. The summed E-state index contributed by atoms with van der Waals surface area (Å²) in [5, 5.41) is 63.5. The summed E-state index contributed by atoms with van der Waals surface area (Å²) in [6.07, 6.45) is -4.29. The number of aromatic nitrogens is 2. The molecule has 0 saturated carbocycles. The Morgan fingerprint density at radius 2 is 1.18 bits per heavy atom. The third kappa shape index (κ3) is 29.7. The van der Waals surface area contributed by atoms with Gasteiger partial charge in [-0.25, -0.2) is 9.78 Å². The second kappa shape index (κ2) is 42.3. The lowest BCUT2D eigenvalue weighted by Crippen LogP contribution is -2.62. The first kappa shape index (κ1) is 82.7. The molecule has 0 unspecified atom stereocenters. The molecule has 0 aliphatic carbocycles. The second-order valence-electron chi connectivity index (χ2n) is 23.8. The van der Waals surface area contributed by atoms with Gasteiger partial charge in [-0.15, -0.1) is 11.8 Å². The minimum absolute atomic E-state index is 0.00245. The predicted molar refractivity (Wildman–Crippen MR) is 367 cm³/mol. The Kier molecular flexibility index (Phi) is 34.6. The second-order valence-corrected chi connectivity index (χ2v) is 24.8. The zero-order chi connectivity index (χ0) is 74.9. The minimum Gasteiger partial charge on any atom is -0.480 e. The molecule has 38 nitrogen and oxygen atoms in total. The van der Waals surface area contributed by atoms with Crippen molar-refractivity contribution in [2.24, 2.45) is 38.7 Å². The molecule has 1 saturated heterocycles. The number of imidazole rings is 1. The van der Waals surface area contributed by atoms with Gasteiger partial charge in [0.1, 0.15) is 60.4 Å². The number of guanidine groups is 2. The topological polar surface area (TPSA) is 628 Å². The van der Waals surface area contributed by atoms with E-state index in [0.29, 0.717) is 22.0 Å². The quantitative estimate of drug-likeness (QED) is 0.0162. The average molecular weight is 1440 g/mol. The number of nitrogens with one attached hydrogen (secondary N) is 13. The Hall–Kier alpha value is -10.7. The van der Waals surface area contributed by atoms with E-state index in [1.165, 1.54) is 19.4 Å². The monoisotopic (exact) mass is 1440 g/mol. The summed E-state index contributed by atoms with van der Waals surface area (Å²) in [5.74, 6) is -15.8. The number of aliphatic hydroxyl groups is 2. The smallest absolute Gasteiger partial charge is 0.326 e. The first-order valence-corrected chi connectivity index (χ1v) is 33.5. The van der Waals surface area contributed by atoms with Gasteiger partial charge >= 0.3 is 5.97 Å². The van der Waals surface area contributed by atoms with Gasteiger partial charge < -0.3 is 113 Å². The first-order valence-electron chi connectivity index (χ1n) is 32.3. The van der Waals surface area contributed by atoms with Gasteiger partial charge in [0, 0.05) is 70.4 Å². The van der Waals surface area contributed by atoms with Gasteiger partial charge in [-0.3, -0.25) is 72.3 Å². The fourth-order valence-corrected chi connectivity index (χ4v) is 11.1. The molecule has 2 aromatic carbocycles. The van der Waals surface area contributed by atoms with E-state index in [9.17, 15) is 77.6 Å². The van der Waals surface area contributed by atoms with Crippen LogP contribution >= 0.6 is 11.8 Å². The molecule has 101 heavy (non-hydrogen) atoms. The highest BCUT2D eigenvalue weighted by molar-refractivity contribution is 7.99. The SMILES string of the molecule is CC(=O)NCSC[C@@H]1NC(=O)[C@H]([C@@H](C)O)NC(=O)[C@@H](NC(C)=O)CC(=O)NCCCC[C@@H](C(=O)N[C@@H](Cc2cnc[nH]2)C(=O)O)NC(=O)[C@H](CCCN=C(N)N)NC(=O)[C@H](Cc2cccc3ccccc23)NC(=O)[C@H]([C@@H](C)O)NC(=O)[C@H](CCC(N)=O)NC(=O)[C@H](CCCN=C(N)N)NC1=O. The number of aliphatic hydroxyl groups excluding tert-OH is 2. The van der Waals surface area contributed by atoms with Crippen LogP contribution in [0, 0.1) is 0 Å². The molecule has 1 aromatic heterocycles. The highest BCUT2D eigenvalue weighted by atomic mass is 32.2. The minimum atomic E-state index is -1.98. The summed E-state index contributed by atoms with van der Waals surface area (Å²) in [6, 6.07) is -5.10. The number of hydrogen-bond donors (Lipinski definition) is 21. The maximum atomic E-state index is 15.1. The number of nitrogens with zero attached hydrogens (tertiary/aromatic N) is 3. The van der Waals surface area contributed by atoms with Gasteiger partial charge in [-0.05, 0) is 81.5 Å². The van der Waals surface area contributed by atoms with Crippen LogP contribution in [0.4, 0.5) is 0 Å². The number of carboxylic acid groups (broad SMARTS) is 1. The number of carboxylic acids is 1.